The summed E-state index contributed by atoms with van der Waals surface area (Å²) in [4.78, 5) is 17.3. The lowest BCUT2D eigenvalue weighted by Crippen LogP contribution is -2.18. The predicted octanol–water partition coefficient (Wildman–Crippen LogP) is 2.66. The van der Waals surface area contributed by atoms with Crippen LogP contribution in [0.5, 0.6) is 17.4 Å². The zero-order valence-electron chi connectivity index (χ0n) is 18.5. The van der Waals surface area contributed by atoms with Gasteiger partial charge in [0.2, 0.25) is 28.7 Å². The summed E-state index contributed by atoms with van der Waals surface area (Å²) >= 11 is -2.36. The van der Waals surface area contributed by atoms with Crippen LogP contribution in [0.4, 0.5) is 4.39 Å². The molecule has 1 aromatic carbocycles. The van der Waals surface area contributed by atoms with Gasteiger partial charge in [0, 0.05) is 6.07 Å². The van der Waals surface area contributed by atoms with Gasteiger partial charge in [0.25, 0.3) is 0 Å². The molecule has 4 aromatic rings. The highest BCUT2D eigenvalue weighted by molar-refractivity contribution is 7.77. The molecule has 0 amide bonds. The van der Waals surface area contributed by atoms with Crippen molar-refractivity contribution in [2.45, 2.75) is 13.5 Å². The number of aromatic nitrogens is 5. The van der Waals surface area contributed by atoms with Crippen LogP contribution in [0.15, 0.2) is 36.4 Å². The number of pyridine rings is 1. The molecule has 34 heavy (non-hydrogen) atoms. The van der Waals surface area contributed by atoms with E-state index in [2.05, 4.69) is 24.7 Å². The first kappa shape index (κ1) is 23.5. The maximum absolute atomic E-state index is 14.6. The van der Waals surface area contributed by atoms with Crippen molar-refractivity contribution < 1.29 is 27.4 Å². The number of fused-ring (bicyclic) bond motifs is 1. The Hall–Kier alpha value is -3.68. The van der Waals surface area contributed by atoms with Crippen LogP contribution in [0.2, 0.25) is 0 Å². The Morgan fingerprint density at radius 3 is 2.41 bits per heavy atom. The van der Waals surface area contributed by atoms with E-state index < -0.39 is 17.2 Å². The van der Waals surface area contributed by atoms with Gasteiger partial charge in [0.15, 0.2) is 11.5 Å². The van der Waals surface area contributed by atoms with Crippen LogP contribution in [0, 0.1) is 5.95 Å². The van der Waals surface area contributed by atoms with Crippen LogP contribution in [0.1, 0.15) is 12.6 Å². The molecule has 1 unspecified atom stereocenters. The summed E-state index contributed by atoms with van der Waals surface area (Å²) in [7, 11) is 3.00. The third kappa shape index (κ3) is 4.53. The summed E-state index contributed by atoms with van der Waals surface area (Å²) < 4.78 is 55.2. The van der Waals surface area contributed by atoms with Crippen LogP contribution < -0.4 is 18.9 Å². The molecule has 0 saturated carbocycles. The van der Waals surface area contributed by atoms with Gasteiger partial charge < -0.3 is 14.2 Å². The number of hydrogen-bond donors (Lipinski definition) is 2. The highest BCUT2D eigenvalue weighted by Crippen LogP contribution is 2.37. The average Bonchev–Trinajstić information content (AvgIpc) is 3.19. The van der Waals surface area contributed by atoms with E-state index in [1.165, 1.54) is 14.2 Å². The van der Waals surface area contributed by atoms with Gasteiger partial charge >= 0.3 is 0 Å². The van der Waals surface area contributed by atoms with Gasteiger partial charge in [-0.3, -0.25) is 9.12 Å². The van der Waals surface area contributed by atoms with E-state index in [1.54, 1.807) is 41.0 Å². The molecule has 0 bridgehead atoms. The van der Waals surface area contributed by atoms with Crippen LogP contribution >= 0.6 is 0 Å². The van der Waals surface area contributed by atoms with Crippen molar-refractivity contribution in [2.24, 2.45) is 0 Å². The first-order valence-corrected chi connectivity index (χ1v) is 11.2. The Kier molecular flexibility index (Phi) is 6.95. The topological polar surface area (TPSA) is 134 Å². The quantitative estimate of drug-likeness (QED) is 0.341. The second kappa shape index (κ2) is 10.1. The van der Waals surface area contributed by atoms with Gasteiger partial charge in [0.1, 0.15) is 28.6 Å². The fourth-order valence-electron chi connectivity index (χ4n) is 3.35. The number of para-hydroxylation sites is 1. The molecule has 3 aromatic heterocycles. The van der Waals surface area contributed by atoms with Crippen LogP contribution in [0.3, 0.4) is 0 Å². The number of hydrogen-bond acceptors (Lipinski definition) is 8. The van der Waals surface area contributed by atoms with Crippen molar-refractivity contribution in [1.82, 2.24) is 29.2 Å². The lowest BCUT2D eigenvalue weighted by atomic mass is 10.2. The molecule has 0 aliphatic carbocycles. The Morgan fingerprint density at radius 2 is 1.76 bits per heavy atom. The van der Waals surface area contributed by atoms with Crippen LogP contribution in [-0.2, 0) is 17.8 Å². The smallest absolute Gasteiger partial charge is 0.238 e. The second-order valence-corrected chi connectivity index (χ2v) is 7.54. The predicted molar refractivity (Wildman–Crippen MR) is 122 cm³/mol. The maximum atomic E-state index is 14.6. The molecule has 11 nitrogen and oxygen atoms in total. The van der Waals surface area contributed by atoms with Crippen molar-refractivity contribution in [3.63, 3.8) is 0 Å². The minimum Gasteiger partial charge on any atom is -0.494 e. The molecule has 13 heteroatoms. The van der Waals surface area contributed by atoms with Crippen molar-refractivity contribution in [2.75, 3.05) is 20.8 Å². The second-order valence-electron chi connectivity index (χ2n) is 6.75. The third-order valence-corrected chi connectivity index (χ3v) is 5.14. The first-order chi connectivity index (χ1) is 16.5. The van der Waals surface area contributed by atoms with Gasteiger partial charge in [0.05, 0.1) is 27.4 Å². The number of rotatable bonds is 9. The minimum atomic E-state index is -2.36. The fourth-order valence-corrected chi connectivity index (χ4v) is 3.61. The molecule has 0 aliphatic heterocycles. The van der Waals surface area contributed by atoms with Crippen LogP contribution in [0.25, 0.3) is 28.5 Å². The van der Waals surface area contributed by atoms with Gasteiger partial charge in [-0.1, -0.05) is 12.1 Å². The summed E-state index contributed by atoms with van der Waals surface area (Å²) in [6, 6.07) is 10.4. The monoisotopic (exact) mass is 488 g/mol. The maximum Gasteiger partial charge on any atom is 0.238 e. The Morgan fingerprint density at radius 1 is 1.06 bits per heavy atom. The van der Waals surface area contributed by atoms with E-state index in [0.717, 1.165) is 0 Å². The molecule has 0 fully saturated rings. The molecule has 2 N–H and O–H groups in total. The van der Waals surface area contributed by atoms with Gasteiger partial charge in [-0.2, -0.15) is 9.37 Å². The number of imidazole rings is 1. The van der Waals surface area contributed by atoms with E-state index in [0.29, 0.717) is 35.4 Å². The molecular weight excluding hydrogens is 467 g/mol. The first-order valence-electron chi connectivity index (χ1n) is 10.1. The molecular formula is C21H21FN6O5S. The van der Waals surface area contributed by atoms with Crippen molar-refractivity contribution >= 4 is 22.6 Å². The summed E-state index contributed by atoms with van der Waals surface area (Å²) in [5.41, 5.74) is 0.850. The normalized spacial score (nSPS) is 12.0. The molecule has 3 heterocycles. The van der Waals surface area contributed by atoms with Gasteiger partial charge in [-0.15, -0.1) is 0 Å². The summed E-state index contributed by atoms with van der Waals surface area (Å²) in [5, 5.41) is 0. The highest BCUT2D eigenvalue weighted by atomic mass is 32.2. The number of methoxy groups -OCH3 is 2. The Labute approximate surface area is 196 Å². The summed E-state index contributed by atoms with van der Waals surface area (Å²) in [6.45, 7) is 1.93. The van der Waals surface area contributed by atoms with Crippen LogP contribution in [-0.4, -0.2) is 54.1 Å². The minimum absolute atomic E-state index is 0.00190. The molecule has 0 spiro atoms. The fraction of sp³-hybridized carbons (Fsp3) is 0.238. The van der Waals surface area contributed by atoms with Gasteiger partial charge in [-0.25, -0.2) is 23.9 Å². The van der Waals surface area contributed by atoms with E-state index in [-0.39, 0.29) is 29.4 Å². The van der Waals surface area contributed by atoms with E-state index in [4.69, 9.17) is 18.8 Å². The molecule has 0 aliphatic rings. The summed E-state index contributed by atoms with van der Waals surface area (Å²) in [6.07, 6.45) is 0. The lowest BCUT2D eigenvalue weighted by Gasteiger charge is -2.16. The standard InChI is InChI=1S/C21H21FN6O5S/c1-4-33-16-10-5-7-12(24-16)20-27-19-21(25-13(18(22)26-19)11-23-34(29)30)28(20)17-14(31-2)8-6-9-15(17)32-3/h5-10,23H,4,11H2,1-3H3,(H,29,30). The van der Waals surface area contributed by atoms with Crippen molar-refractivity contribution in [1.29, 1.82) is 0 Å². The van der Waals surface area contributed by atoms with E-state index in [1.807, 2.05) is 6.92 Å². The largest absolute Gasteiger partial charge is 0.494 e. The zero-order valence-corrected chi connectivity index (χ0v) is 19.3. The van der Waals surface area contributed by atoms with Crippen molar-refractivity contribution in [3.05, 3.63) is 48.0 Å². The van der Waals surface area contributed by atoms with E-state index >= 15 is 0 Å². The summed E-state index contributed by atoms with van der Waals surface area (Å²) in [5.74, 6) is 0.610. The number of ether oxygens (including phenoxy) is 3. The van der Waals surface area contributed by atoms with Gasteiger partial charge in [-0.05, 0) is 25.1 Å². The molecule has 4 rings (SSSR count). The number of nitrogens with zero attached hydrogens (tertiary/aromatic N) is 5. The number of benzene rings is 1. The third-order valence-electron chi connectivity index (χ3n) is 4.75. The number of halogens is 1. The Bertz CT molecular complexity index is 1340. The van der Waals surface area contributed by atoms with E-state index in [9.17, 15) is 8.60 Å². The SMILES string of the molecule is CCOc1cccc(-c2nc3nc(F)c(CNS(=O)O)nc3n2-c2c(OC)cccc2OC)n1. The molecule has 0 saturated heterocycles. The molecule has 178 valence electrons. The number of nitrogens with one attached hydrogen (secondary N) is 1. The zero-order chi connectivity index (χ0) is 24.2. The average molecular weight is 489 g/mol. The highest BCUT2D eigenvalue weighted by Gasteiger charge is 2.25. The molecule has 1 atom stereocenters. The van der Waals surface area contributed by atoms with Crippen molar-refractivity contribution in [3.8, 4) is 34.6 Å². The lowest BCUT2D eigenvalue weighted by molar-refractivity contribution is 0.327. The molecule has 0 radical (unpaired) electrons. The Balaban J connectivity index is 2.05.